The molecule has 3 heteroatoms. The summed E-state index contributed by atoms with van der Waals surface area (Å²) in [7, 11) is 1.67. The van der Waals surface area contributed by atoms with Gasteiger partial charge in [-0.05, 0) is 30.8 Å². The van der Waals surface area contributed by atoms with Gasteiger partial charge in [-0.3, -0.25) is 0 Å². The first kappa shape index (κ1) is 11.7. The molecule has 2 rings (SSSR count). The van der Waals surface area contributed by atoms with Crippen molar-refractivity contribution in [1.82, 2.24) is 5.32 Å². The third-order valence-corrected chi connectivity index (χ3v) is 2.58. The Balaban J connectivity index is 2.24. The van der Waals surface area contributed by atoms with Crippen molar-refractivity contribution in [2.45, 2.75) is 13.5 Å². The normalized spacial score (nSPS) is 10.5. The van der Waals surface area contributed by atoms with E-state index in [1.54, 1.807) is 7.11 Å². The quantitative estimate of drug-likeness (QED) is 0.858. The number of ether oxygens (including phenoxy) is 1. The summed E-state index contributed by atoms with van der Waals surface area (Å²) in [6, 6.07) is 11.8. The van der Waals surface area contributed by atoms with Crippen molar-refractivity contribution < 1.29 is 9.15 Å². The molecule has 0 spiro atoms. The number of para-hydroxylation sites is 1. The van der Waals surface area contributed by atoms with Crippen molar-refractivity contribution in [2.75, 3.05) is 13.7 Å². The SMILES string of the molecule is CCNCc1ccc(-c2ccccc2OC)o1. The van der Waals surface area contributed by atoms with Crippen molar-refractivity contribution in [3.8, 4) is 17.1 Å². The molecule has 0 amide bonds. The fourth-order valence-electron chi connectivity index (χ4n) is 1.71. The zero-order chi connectivity index (χ0) is 12.1. The third-order valence-electron chi connectivity index (χ3n) is 2.58. The molecule has 0 saturated carbocycles. The second-order valence-corrected chi connectivity index (χ2v) is 3.75. The Hall–Kier alpha value is -1.74. The average molecular weight is 231 g/mol. The molecule has 90 valence electrons. The van der Waals surface area contributed by atoms with Gasteiger partial charge in [0.1, 0.15) is 17.3 Å². The fraction of sp³-hybridized carbons (Fsp3) is 0.286. The Morgan fingerprint density at radius 1 is 1.18 bits per heavy atom. The smallest absolute Gasteiger partial charge is 0.138 e. The Labute approximate surface area is 101 Å². The summed E-state index contributed by atoms with van der Waals surface area (Å²) in [5.74, 6) is 2.61. The summed E-state index contributed by atoms with van der Waals surface area (Å²) in [4.78, 5) is 0. The van der Waals surface area contributed by atoms with Crippen molar-refractivity contribution in [1.29, 1.82) is 0 Å². The molecule has 0 radical (unpaired) electrons. The summed E-state index contributed by atoms with van der Waals surface area (Å²) < 4.78 is 11.1. The van der Waals surface area contributed by atoms with E-state index >= 15 is 0 Å². The van der Waals surface area contributed by atoms with E-state index in [1.807, 2.05) is 36.4 Å². The molecule has 1 aromatic carbocycles. The monoisotopic (exact) mass is 231 g/mol. The van der Waals surface area contributed by atoms with Crippen LogP contribution in [0.4, 0.5) is 0 Å². The number of nitrogens with one attached hydrogen (secondary N) is 1. The van der Waals surface area contributed by atoms with Gasteiger partial charge >= 0.3 is 0 Å². The van der Waals surface area contributed by atoms with Crippen LogP contribution in [0, 0.1) is 0 Å². The first-order valence-electron chi connectivity index (χ1n) is 5.78. The Morgan fingerprint density at radius 2 is 2.00 bits per heavy atom. The van der Waals surface area contributed by atoms with Crippen molar-refractivity contribution in [2.24, 2.45) is 0 Å². The third kappa shape index (κ3) is 2.68. The fourth-order valence-corrected chi connectivity index (χ4v) is 1.71. The van der Waals surface area contributed by atoms with E-state index in [2.05, 4.69) is 12.2 Å². The minimum Gasteiger partial charge on any atom is -0.496 e. The lowest BCUT2D eigenvalue weighted by Gasteiger charge is -2.05. The Morgan fingerprint density at radius 3 is 2.76 bits per heavy atom. The summed E-state index contributed by atoms with van der Waals surface area (Å²) in [6.45, 7) is 3.76. The lowest BCUT2D eigenvalue weighted by molar-refractivity contribution is 0.413. The van der Waals surface area contributed by atoms with Crippen LogP contribution in [0.25, 0.3) is 11.3 Å². The first-order valence-corrected chi connectivity index (χ1v) is 5.78. The molecule has 1 heterocycles. The van der Waals surface area contributed by atoms with Crippen LogP contribution in [0.1, 0.15) is 12.7 Å². The van der Waals surface area contributed by atoms with Crippen molar-refractivity contribution >= 4 is 0 Å². The summed E-state index contributed by atoms with van der Waals surface area (Å²) in [5, 5.41) is 3.23. The Kier molecular flexibility index (Phi) is 3.83. The molecule has 0 aliphatic rings. The molecule has 1 aromatic heterocycles. The highest BCUT2D eigenvalue weighted by Crippen LogP contribution is 2.30. The zero-order valence-electron chi connectivity index (χ0n) is 10.2. The van der Waals surface area contributed by atoms with Gasteiger partial charge in [0, 0.05) is 0 Å². The average Bonchev–Trinajstić information content (AvgIpc) is 2.85. The first-order chi connectivity index (χ1) is 8.35. The van der Waals surface area contributed by atoms with Gasteiger partial charge < -0.3 is 14.5 Å². The van der Waals surface area contributed by atoms with E-state index in [4.69, 9.17) is 9.15 Å². The molecule has 0 aliphatic carbocycles. The second kappa shape index (κ2) is 5.55. The minimum atomic E-state index is 0.756. The number of benzene rings is 1. The molecule has 1 N–H and O–H groups in total. The maximum atomic E-state index is 5.77. The zero-order valence-corrected chi connectivity index (χ0v) is 10.2. The van der Waals surface area contributed by atoms with Crippen LogP contribution in [0.2, 0.25) is 0 Å². The number of hydrogen-bond donors (Lipinski definition) is 1. The van der Waals surface area contributed by atoms with Gasteiger partial charge in [0.15, 0.2) is 0 Å². The van der Waals surface area contributed by atoms with Gasteiger partial charge in [-0.2, -0.15) is 0 Å². The predicted octanol–water partition coefficient (Wildman–Crippen LogP) is 3.06. The van der Waals surface area contributed by atoms with Crippen LogP contribution >= 0.6 is 0 Å². The predicted molar refractivity (Wildman–Crippen MR) is 68.1 cm³/mol. The molecule has 0 saturated heterocycles. The molecular formula is C14H17NO2. The highest BCUT2D eigenvalue weighted by atomic mass is 16.5. The molecular weight excluding hydrogens is 214 g/mol. The number of hydrogen-bond acceptors (Lipinski definition) is 3. The van der Waals surface area contributed by atoms with E-state index in [9.17, 15) is 0 Å². The summed E-state index contributed by atoms with van der Waals surface area (Å²) >= 11 is 0. The highest BCUT2D eigenvalue weighted by Gasteiger charge is 2.09. The number of furan rings is 1. The molecule has 3 nitrogen and oxygen atoms in total. The molecule has 17 heavy (non-hydrogen) atoms. The van der Waals surface area contributed by atoms with Crippen LogP contribution in [0.15, 0.2) is 40.8 Å². The molecule has 0 unspecified atom stereocenters. The molecule has 0 atom stereocenters. The van der Waals surface area contributed by atoms with Crippen molar-refractivity contribution in [3.05, 3.63) is 42.2 Å². The van der Waals surface area contributed by atoms with Crippen LogP contribution in [-0.2, 0) is 6.54 Å². The van der Waals surface area contributed by atoms with Gasteiger partial charge in [-0.25, -0.2) is 0 Å². The lowest BCUT2D eigenvalue weighted by atomic mass is 10.1. The van der Waals surface area contributed by atoms with Gasteiger partial charge in [0.2, 0.25) is 0 Å². The lowest BCUT2D eigenvalue weighted by Crippen LogP contribution is -2.10. The van der Waals surface area contributed by atoms with E-state index in [0.29, 0.717) is 0 Å². The van der Waals surface area contributed by atoms with Gasteiger partial charge in [-0.1, -0.05) is 19.1 Å². The van der Waals surface area contributed by atoms with Crippen molar-refractivity contribution in [3.63, 3.8) is 0 Å². The highest BCUT2D eigenvalue weighted by molar-refractivity contribution is 5.65. The van der Waals surface area contributed by atoms with Crippen LogP contribution in [0.5, 0.6) is 5.75 Å². The number of rotatable bonds is 5. The van der Waals surface area contributed by atoms with E-state index in [-0.39, 0.29) is 0 Å². The van der Waals surface area contributed by atoms with Crippen LogP contribution in [-0.4, -0.2) is 13.7 Å². The van der Waals surface area contributed by atoms with Crippen LogP contribution < -0.4 is 10.1 Å². The maximum absolute atomic E-state index is 5.77. The Bertz CT molecular complexity index is 477. The largest absolute Gasteiger partial charge is 0.496 e. The molecule has 0 fully saturated rings. The summed E-state index contributed by atoms with van der Waals surface area (Å²) in [6.07, 6.45) is 0. The molecule has 0 bridgehead atoms. The van der Waals surface area contributed by atoms with Gasteiger partial charge in [-0.15, -0.1) is 0 Å². The number of methoxy groups -OCH3 is 1. The maximum Gasteiger partial charge on any atom is 0.138 e. The second-order valence-electron chi connectivity index (χ2n) is 3.75. The van der Waals surface area contributed by atoms with E-state index in [1.165, 1.54) is 0 Å². The van der Waals surface area contributed by atoms with Gasteiger partial charge in [0.25, 0.3) is 0 Å². The molecule has 0 aliphatic heterocycles. The minimum absolute atomic E-state index is 0.756. The van der Waals surface area contributed by atoms with E-state index < -0.39 is 0 Å². The standard InChI is InChI=1S/C14H17NO2/c1-3-15-10-11-8-9-14(17-11)12-6-4-5-7-13(12)16-2/h4-9,15H,3,10H2,1-2H3. The van der Waals surface area contributed by atoms with Gasteiger partial charge in [0.05, 0.1) is 19.2 Å². The molecule has 2 aromatic rings. The topological polar surface area (TPSA) is 34.4 Å². The summed E-state index contributed by atoms with van der Waals surface area (Å²) in [5.41, 5.74) is 0.984. The van der Waals surface area contributed by atoms with E-state index in [0.717, 1.165) is 35.9 Å². The van der Waals surface area contributed by atoms with Crippen LogP contribution in [0.3, 0.4) is 0 Å².